The topological polar surface area (TPSA) is 32.3 Å². The monoisotopic (exact) mass is 360 g/mol. The molecule has 0 heterocycles. The molecule has 1 N–H and O–H groups in total. The second kappa shape index (κ2) is 6.53. The highest BCUT2D eigenvalue weighted by molar-refractivity contribution is 9.10. The summed E-state index contributed by atoms with van der Waals surface area (Å²) in [5.41, 5.74) is 2.74. The summed E-state index contributed by atoms with van der Waals surface area (Å²) in [5.74, 6) is 0. The largest absolute Gasteiger partial charge is 0.326 e. The average molecular weight is 361 g/mol. The van der Waals surface area contributed by atoms with Crippen molar-refractivity contribution in [2.75, 3.05) is 17.3 Å². The molecule has 0 atom stereocenters. The summed E-state index contributed by atoms with van der Waals surface area (Å²) in [6.07, 6.45) is 0. The van der Waals surface area contributed by atoms with E-state index >= 15 is 0 Å². The molecule has 116 valence electrons. The number of para-hydroxylation sites is 2. The highest BCUT2D eigenvalue weighted by atomic mass is 79.9. The van der Waals surface area contributed by atoms with Crippen LogP contribution in [0.1, 0.15) is 26.3 Å². The molecule has 2 rings (SSSR count). The zero-order valence-electron chi connectivity index (χ0n) is 13.4. The maximum absolute atomic E-state index is 12.5. The molecule has 0 saturated carbocycles. The van der Waals surface area contributed by atoms with Crippen molar-refractivity contribution in [3.63, 3.8) is 0 Å². The molecular formula is C18H21BrN2O. The molecule has 0 unspecified atom stereocenters. The zero-order valence-corrected chi connectivity index (χ0v) is 14.9. The van der Waals surface area contributed by atoms with Crippen molar-refractivity contribution in [3.8, 4) is 0 Å². The average Bonchev–Trinajstić information content (AvgIpc) is 2.46. The zero-order chi connectivity index (χ0) is 16.3. The molecule has 22 heavy (non-hydrogen) atoms. The van der Waals surface area contributed by atoms with Gasteiger partial charge in [-0.3, -0.25) is 4.90 Å². The quantitative estimate of drug-likeness (QED) is 0.762. The van der Waals surface area contributed by atoms with Crippen molar-refractivity contribution in [1.82, 2.24) is 0 Å². The second-order valence-corrected chi connectivity index (χ2v) is 7.10. The van der Waals surface area contributed by atoms with Gasteiger partial charge in [-0.15, -0.1) is 0 Å². The van der Waals surface area contributed by atoms with Crippen LogP contribution < -0.4 is 10.2 Å². The first kappa shape index (κ1) is 16.6. The van der Waals surface area contributed by atoms with E-state index in [1.54, 1.807) is 11.9 Å². The first-order chi connectivity index (χ1) is 10.3. The second-order valence-electron chi connectivity index (χ2n) is 6.24. The molecule has 0 radical (unpaired) electrons. The lowest BCUT2D eigenvalue weighted by molar-refractivity contribution is 0.258. The van der Waals surface area contributed by atoms with Gasteiger partial charge in [0.05, 0.1) is 5.69 Å². The van der Waals surface area contributed by atoms with Gasteiger partial charge in [0.25, 0.3) is 0 Å². The van der Waals surface area contributed by atoms with Crippen LogP contribution in [0.15, 0.2) is 53.0 Å². The van der Waals surface area contributed by atoms with Gasteiger partial charge < -0.3 is 5.32 Å². The number of urea groups is 1. The number of hydrogen-bond donors (Lipinski definition) is 1. The lowest BCUT2D eigenvalue weighted by Crippen LogP contribution is -2.33. The van der Waals surface area contributed by atoms with E-state index in [0.717, 1.165) is 21.4 Å². The molecule has 0 aliphatic carbocycles. The fourth-order valence-electron chi connectivity index (χ4n) is 2.29. The fraction of sp³-hybridized carbons (Fsp3) is 0.278. The van der Waals surface area contributed by atoms with Crippen LogP contribution in [0.4, 0.5) is 16.2 Å². The summed E-state index contributed by atoms with van der Waals surface area (Å²) in [7, 11) is 1.79. The van der Waals surface area contributed by atoms with E-state index in [0.29, 0.717) is 0 Å². The number of nitrogens with zero attached hydrogens (tertiary/aromatic N) is 1. The molecule has 0 fully saturated rings. The number of carbonyl (C=O) groups is 1. The molecule has 2 amide bonds. The Morgan fingerprint density at radius 3 is 2.27 bits per heavy atom. The Hall–Kier alpha value is -1.81. The summed E-state index contributed by atoms with van der Waals surface area (Å²) < 4.78 is 0.908. The van der Waals surface area contributed by atoms with Gasteiger partial charge in [-0.05, 0) is 45.1 Å². The Kier molecular flexibility index (Phi) is 4.91. The van der Waals surface area contributed by atoms with Crippen molar-refractivity contribution < 1.29 is 4.79 Å². The van der Waals surface area contributed by atoms with Crippen molar-refractivity contribution >= 4 is 33.3 Å². The fourth-order valence-corrected chi connectivity index (χ4v) is 2.92. The van der Waals surface area contributed by atoms with E-state index in [9.17, 15) is 4.79 Å². The van der Waals surface area contributed by atoms with E-state index in [1.165, 1.54) is 0 Å². The number of benzene rings is 2. The van der Waals surface area contributed by atoms with Gasteiger partial charge in [0, 0.05) is 17.2 Å². The molecule has 4 heteroatoms. The molecular weight excluding hydrogens is 340 g/mol. The van der Waals surface area contributed by atoms with Crippen LogP contribution in [-0.2, 0) is 5.41 Å². The van der Waals surface area contributed by atoms with Crippen molar-refractivity contribution in [2.45, 2.75) is 26.2 Å². The summed E-state index contributed by atoms with van der Waals surface area (Å²) >= 11 is 3.57. The predicted octanol–water partition coefficient (Wildman–Crippen LogP) is 5.41. The number of nitrogens with one attached hydrogen (secondary N) is 1. The Labute approximate surface area is 140 Å². The molecule has 2 aromatic carbocycles. The third kappa shape index (κ3) is 3.69. The maximum Gasteiger partial charge on any atom is 0.326 e. The van der Waals surface area contributed by atoms with Crippen LogP contribution in [0.25, 0.3) is 0 Å². The minimum absolute atomic E-state index is 0.0552. The minimum atomic E-state index is -0.163. The summed E-state index contributed by atoms with van der Waals surface area (Å²) in [4.78, 5) is 14.2. The highest BCUT2D eigenvalue weighted by Gasteiger charge is 2.24. The Morgan fingerprint density at radius 1 is 1.05 bits per heavy atom. The molecule has 0 bridgehead atoms. The molecule has 0 aliphatic heterocycles. The number of hydrogen-bond acceptors (Lipinski definition) is 1. The number of amides is 2. The normalized spacial score (nSPS) is 11.1. The van der Waals surface area contributed by atoms with Gasteiger partial charge >= 0.3 is 6.03 Å². The van der Waals surface area contributed by atoms with E-state index in [1.807, 2.05) is 42.5 Å². The number of carbonyl (C=O) groups excluding carboxylic acids is 1. The summed E-state index contributed by atoms with van der Waals surface area (Å²) in [5, 5.41) is 2.91. The standard InChI is InChI=1S/C18H21BrN2O/c1-18(2,3)14-11-8-12-15(19)16(14)21(4)17(22)20-13-9-6-5-7-10-13/h5-12H,1-4H3,(H,20,22). The molecule has 0 spiro atoms. The van der Waals surface area contributed by atoms with Crippen LogP contribution in [0.5, 0.6) is 0 Å². The smallest absolute Gasteiger partial charge is 0.308 e. The Bertz CT molecular complexity index is 663. The number of rotatable bonds is 2. The van der Waals surface area contributed by atoms with Gasteiger partial charge in [0.2, 0.25) is 0 Å². The predicted molar refractivity (Wildman–Crippen MR) is 96.7 cm³/mol. The lowest BCUT2D eigenvalue weighted by Gasteiger charge is -2.29. The number of halogens is 1. The van der Waals surface area contributed by atoms with Crippen LogP contribution in [0, 0.1) is 0 Å². The van der Waals surface area contributed by atoms with E-state index < -0.39 is 0 Å². The lowest BCUT2D eigenvalue weighted by atomic mass is 9.85. The highest BCUT2D eigenvalue weighted by Crippen LogP contribution is 2.37. The van der Waals surface area contributed by atoms with E-state index in [2.05, 4.69) is 48.1 Å². The first-order valence-electron chi connectivity index (χ1n) is 7.19. The van der Waals surface area contributed by atoms with Gasteiger partial charge in [-0.25, -0.2) is 4.79 Å². The molecule has 0 aromatic heterocycles. The van der Waals surface area contributed by atoms with Crippen molar-refractivity contribution in [2.24, 2.45) is 0 Å². The first-order valence-corrected chi connectivity index (χ1v) is 7.99. The van der Waals surface area contributed by atoms with Gasteiger partial charge in [0.15, 0.2) is 0 Å². The summed E-state index contributed by atoms with van der Waals surface area (Å²) in [6, 6.07) is 15.3. The van der Waals surface area contributed by atoms with E-state index in [-0.39, 0.29) is 11.4 Å². The molecule has 2 aromatic rings. The van der Waals surface area contributed by atoms with Gasteiger partial charge in [-0.2, -0.15) is 0 Å². The Balaban J connectivity index is 2.33. The van der Waals surface area contributed by atoms with Crippen LogP contribution in [-0.4, -0.2) is 13.1 Å². The molecule has 0 saturated heterocycles. The molecule has 0 aliphatic rings. The SMILES string of the molecule is CN(C(=O)Nc1ccccc1)c1c(Br)cccc1C(C)(C)C. The van der Waals surface area contributed by atoms with Crippen molar-refractivity contribution in [3.05, 3.63) is 58.6 Å². The van der Waals surface area contributed by atoms with E-state index in [4.69, 9.17) is 0 Å². The van der Waals surface area contributed by atoms with Crippen molar-refractivity contribution in [1.29, 1.82) is 0 Å². The van der Waals surface area contributed by atoms with Crippen LogP contribution in [0.3, 0.4) is 0 Å². The van der Waals surface area contributed by atoms with Gasteiger partial charge in [0.1, 0.15) is 0 Å². The maximum atomic E-state index is 12.5. The molecule has 3 nitrogen and oxygen atoms in total. The summed E-state index contributed by atoms with van der Waals surface area (Å²) in [6.45, 7) is 6.42. The number of anilines is 2. The van der Waals surface area contributed by atoms with Gasteiger partial charge in [-0.1, -0.05) is 51.1 Å². The third-order valence-corrected chi connectivity index (χ3v) is 4.10. The Morgan fingerprint density at radius 2 is 1.68 bits per heavy atom. The third-order valence-electron chi connectivity index (χ3n) is 3.46. The minimum Gasteiger partial charge on any atom is -0.308 e. The van der Waals surface area contributed by atoms with Crippen LogP contribution >= 0.6 is 15.9 Å². The van der Waals surface area contributed by atoms with Crippen LogP contribution in [0.2, 0.25) is 0 Å².